The molecular formula is C11H10N4O2S. The van der Waals surface area contributed by atoms with Crippen LogP contribution in [0.25, 0.3) is 0 Å². The molecule has 1 aromatic carbocycles. The lowest BCUT2D eigenvalue weighted by Gasteiger charge is -2.05. The summed E-state index contributed by atoms with van der Waals surface area (Å²) in [5.74, 6) is 0. The highest BCUT2D eigenvalue weighted by Crippen LogP contribution is 2.15. The third kappa shape index (κ3) is 2.67. The van der Waals surface area contributed by atoms with Crippen LogP contribution >= 0.6 is 0 Å². The second kappa shape index (κ2) is 4.89. The van der Waals surface area contributed by atoms with Crippen molar-refractivity contribution < 1.29 is 8.42 Å². The van der Waals surface area contributed by atoms with Gasteiger partial charge in [-0.05, 0) is 17.7 Å². The summed E-state index contributed by atoms with van der Waals surface area (Å²) in [6.45, 7) is 0. The van der Waals surface area contributed by atoms with Crippen molar-refractivity contribution in [3.63, 3.8) is 0 Å². The monoisotopic (exact) mass is 262 g/mol. The van der Waals surface area contributed by atoms with Gasteiger partial charge in [-0.1, -0.05) is 12.1 Å². The molecule has 18 heavy (non-hydrogen) atoms. The lowest BCUT2D eigenvalue weighted by Crippen LogP contribution is -2.12. The average molecular weight is 262 g/mol. The molecule has 1 heterocycles. The molecule has 0 radical (unpaired) electrons. The number of benzene rings is 1. The van der Waals surface area contributed by atoms with Crippen molar-refractivity contribution in [1.29, 1.82) is 5.26 Å². The molecule has 0 atom stereocenters. The van der Waals surface area contributed by atoms with Gasteiger partial charge >= 0.3 is 0 Å². The van der Waals surface area contributed by atoms with E-state index < -0.39 is 10.0 Å². The summed E-state index contributed by atoms with van der Waals surface area (Å²) in [4.78, 5) is 0.144. The van der Waals surface area contributed by atoms with E-state index in [1.165, 1.54) is 24.5 Å². The van der Waals surface area contributed by atoms with Crippen LogP contribution in [0.5, 0.6) is 0 Å². The highest BCUT2D eigenvalue weighted by atomic mass is 32.2. The minimum absolute atomic E-state index is 0.144. The summed E-state index contributed by atoms with van der Waals surface area (Å²) in [6, 6.07) is 8.17. The van der Waals surface area contributed by atoms with Gasteiger partial charge in [0, 0.05) is 6.20 Å². The Morgan fingerprint density at radius 1 is 1.33 bits per heavy atom. The van der Waals surface area contributed by atoms with Crippen LogP contribution in [0.3, 0.4) is 0 Å². The fourth-order valence-corrected chi connectivity index (χ4v) is 2.43. The number of sulfonamides is 1. The molecule has 1 aromatic heterocycles. The molecule has 2 aromatic rings. The summed E-state index contributed by atoms with van der Waals surface area (Å²) in [7, 11) is -3.61. The molecule has 2 rings (SSSR count). The van der Waals surface area contributed by atoms with Crippen LogP contribution in [0.1, 0.15) is 5.56 Å². The number of hydrogen-bond donors (Lipinski definition) is 2. The lowest BCUT2D eigenvalue weighted by atomic mass is 10.2. The first-order valence-corrected chi connectivity index (χ1v) is 6.57. The molecule has 0 amide bonds. The fourth-order valence-electron chi connectivity index (χ4n) is 1.40. The molecule has 0 spiro atoms. The van der Waals surface area contributed by atoms with E-state index >= 15 is 0 Å². The Morgan fingerprint density at radius 2 is 2.06 bits per heavy atom. The Hall–Kier alpha value is -2.33. The number of H-pyrrole nitrogens is 1. The normalized spacial score (nSPS) is 10.8. The van der Waals surface area contributed by atoms with Gasteiger partial charge in [-0.15, -0.1) is 0 Å². The van der Waals surface area contributed by atoms with Crippen LogP contribution in [-0.4, -0.2) is 18.6 Å². The number of anilines is 1. The van der Waals surface area contributed by atoms with Gasteiger partial charge in [-0.25, -0.2) is 8.42 Å². The number of aromatic nitrogens is 2. The van der Waals surface area contributed by atoms with E-state index in [1.807, 2.05) is 6.07 Å². The van der Waals surface area contributed by atoms with E-state index in [-0.39, 0.29) is 11.3 Å². The Morgan fingerprint density at radius 3 is 2.61 bits per heavy atom. The topological polar surface area (TPSA) is 98.6 Å². The largest absolute Gasteiger partial charge is 0.284 e. The van der Waals surface area contributed by atoms with Crippen LogP contribution in [0, 0.1) is 11.3 Å². The Bertz CT molecular complexity index is 654. The molecule has 0 aliphatic heterocycles. The maximum Gasteiger partial charge on any atom is 0.261 e. The second-order valence-electron chi connectivity index (χ2n) is 3.57. The Labute approximate surface area is 104 Å². The van der Waals surface area contributed by atoms with Gasteiger partial charge in [0.25, 0.3) is 10.0 Å². The molecule has 0 fully saturated rings. The highest BCUT2D eigenvalue weighted by molar-refractivity contribution is 7.92. The minimum Gasteiger partial charge on any atom is -0.284 e. The van der Waals surface area contributed by atoms with E-state index in [4.69, 9.17) is 5.26 Å². The van der Waals surface area contributed by atoms with Gasteiger partial charge in [0.2, 0.25) is 0 Å². The first-order chi connectivity index (χ1) is 8.62. The predicted molar refractivity (Wildman–Crippen MR) is 65.2 cm³/mol. The second-order valence-corrected chi connectivity index (χ2v) is 5.25. The molecule has 0 bridgehead atoms. The number of nitrogens with zero attached hydrogens (tertiary/aromatic N) is 2. The quantitative estimate of drug-likeness (QED) is 0.866. The zero-order valence-corrected chi connectivity index (χ0v) is 10.1. The average Bonchev–Trinajstić information content (AvgIpc) is 2.82. The lowest BCUT2D eigenvalue weighted by molar-refractivity contribution is 0.601. The molecule has 2 N–H and O–H groups in total. The number of nitrogens with one attached hydrogen (secondary N) is 2. The molecule has 7 heteroatoms. The summed E-state index contributed by atoms with van der Waals surface area (Å²) in [5, 5.41) is 14.7. The third-order valence-electron chi connectivity index (χ3n) is 2.27. The van der Waals surface area contributed by atoms with Gasteiger partial charge in [-0.2, -0.15) is 10.4 Å². The van der Waals surface area contributed by atoms with E-state index in [0.29, 0.717) is 5.69 Å². The predicted octanol–water partition coefficient (Wildman–Crippen LogP) is 1.28. The van der Waals surface area contributed by atoms with Crippen LogP contribution in [0.2, 0.25) is 0 Å². The van der Waals surface area contributed by atoms with Crippen molar-refractivity contribution in [3.05, 3.63) is 42.2 Å². The summed E-state index contributed by atoms with van der Waals surface area (Å²) in [6.07, 6.45) is 3.08. The fraction of sp³-hybridized carbons (Fsp3) is 0.0909. The molecule has 0 unspecified atom stereocenters. The number of nitriles is 1. The van der Waals surface area contributed by atoms with Gasteiger partial charge < -0.3 is 0 Å². The van der Waals surface area contributed by atoms with E-state index in [2.05, 4.69) is 14.9 Å². The van der Waals surface area contributed by atoms with Crippen molar-refractivity contribution in [3.8, 4) is 6.07 Å². The van der Waals surface area contributed by atoms with Crippen LogP contribution in [0.4, 0.5) is 5.69 Å². The van der Waals surface area contributed by atoms with E-state index in [0.717, 1.165) is 5.56 Å². The van der Waals surface area contributed by atoms with Crippen LogP contribution in [0.15, 0.2) is 41.6 Å². The zero-order chi connectivity index (χ0) is 13.0. The van der Waals surface area contributed by atoms with Crippen LogP contribution in [-0.2, 0) is 16.4 Å². The molecule has 6 nitrogen and oxygen atoms in total. The summed E-state index contributed by atoms with van der Waals surface area (Å²) in [5.41, 5.74) is 1.15. The first-order valence-electron chi connectivity index (χ1n) is 5.09. The molecule has 0 saturated carbocycles. The number of rotatable bonds is 4. The Kier molecular flexibility index (Phi) is 3.30. The van der Waals surface area contributed by atoms with Crippen molar-refractivity contribution in [2.45, 2.75) is 11.3 Å². The number of aromatic amines is 1. The SMILES string of the molecule is N#CCc1ccc(S(=O)(=O)Nc2cn[nH]c2)cc1. The van der Waals surface area contributed by atoms with Crippen molar-refractivity contribution in [1.82, 2.24) is 10.2 Å². The van der Waals surface area contributed by atoms with Gasteiger partial charge in [0.1, 0.15) is 0 Å². The summed E-state index contributed by atoms with van der Waals surface area (Å²) >= 11 is 0. The summed E-state index contributed by atoms with van der Waals surface area (Å²) < 4.78 is 26.3. The molecule has 0 aliphatic rings. The maximum absolute atomic E-state index is 12.0. The molecule has 92 valence electrons. The molecule has 0 aliphatic carbocycles. The van der Waals surface area contributed by atoms with E-state index in [9.17, 15) is 8.42 Å². The van der Waals surface area contributed by atoms with Crippen molar-refractivity contribution >= 4 is 15.7 Å². The smallest absolute Gasteiger partial charge is 0.261 e. The van der Waals surface area contributed by atoms with Crippen molar-refractivity contribution in [2.24, 2.45) is 0 Å². The van der Waals surface area contributed by atoms with Crippen LogP contribution < -0.4 is 4.72 Å². The third-order valence-corrected chi connectivity index (χ3v) is 3.66. The van der Waals surface area contributed by atoms with Gasteiger partial charge in [0.05, 0.1) is 29.3 Å². The molecule has 0 saturated heterocycles. The maximum atomic E-state index is 12.0. The first kappa shape index (κ1) is 12.1. The standard InChI is InChI=1S/C11H10N4O2S/c12-6-5-9-1-3-11(4-2-9)18(16,17)15-10-7-13-14-8-10/h1-4,7-8,15H,5H2,(H,13,14). The number of hydrogen-bond acceptors (Lipinski definition) is 4. The highest BCUT2D eigenvalue weighted by Gasteiger charge is 2.14. The van der Waals surface area contributed by atoms with Gasteiger partial charge in [-0.3, -0.25) is 9.82 Å². The van der Waals surface area contributed by atoms with Crippen molar-refractivity contribution in [2.75, 3.05) is 4.72 Å². The zero-order valence-electron chi connectivity index (χ0n) is 9.29. The Balaban J connectivity index is 2.22. The van der Waals surface area contributed by atoms with E-state index in [1.54, 1.807) is 12.1 Å². The minimum atomic E-state index is -3.61. The molecular weight excluding hydrogens is 252 g/mol. The van der Waals surface area contributed by atoms with Gasteiger partial charge in [0.15, 0.2) is 0 Å².